The van der Waals surface area contributed by atoms with Crippen molar-refractivity contribution < 1.29 is 19.0 Å². The first-order chi connectivity index (χ1) is 14.6. The van der Waals surface area contributed by atoms with E-state index in [0.29, 0.717) is 22.9 Å². The lowest BCUT2D eigenvalue weighted by atomic mass is 10.1. The molecule has 0 unspecified atom stereocenters. The van der Waals surface area contributed by atoms with E-state index >= 15 is 0 Å². The van der Waals surface area contributed by atoms with E-state index in [2.05, 4.69) is 31.9 Å². The van der Waals surface area contributed by atoms with Gasteiger partial charge in [0.15, 0.2) is 16.6 Å². The number of carbonyl (C=O) groups is 1. The lowest BCUT2D eigenvalue weighted by molar-refractivity contribution is 0.0933. The van der Waals surface area contributed by atoms with E-state index in [-0.39, 0.29) is 10.7 Å². The van der Waals surface area contributed by atoms with Crippen molar-refractivity contribution in [3.8, 4) is 17.2 Å². The summed E-state index contributed by atoms with van der Waals surface area (Å²) in [6.07, 6.45) is -1.16. The third-order valence-electron chi connectivity index (χ3n) is 3.93. The lowest BCUT2D eigenvalue weighted by Crippen LogP contribution is -2.56. The van der Waals surface area contributed by atoms with Crippen molar-refractivity contribution in [2.24, 2.45) is 0 Å². The van der Waals surface area contributed by atoms with Crippen LogP contribution < -0.4 is 30.2 Å². The Morgan fingerprint density at radius 2 is 1.61 bits per heavy atom. The zero-order valence-corrected chi connectivity index (χ0v) is 21.3. The Kier molecular flexibility index (Phi) is 9.32. The second kappa shape index (κ2) is 11.3. The standard InChI is InChI=1S/C19H19BrCl3N3O4S/c1-28-13-8-10(9-14(29-2)15(13)30-3)16(27)25-17(19(21,22)23)26-18(31)24-12-7-5-4-6-11(12)20/h4-9,17H,1-3H3,(H,25,27)(H2,24,26,31)/t17-/m0/s1. The summed E-state index contributed by atoms with van der Waals surface area (Å²) in [5.41, 5.74) is 0.888. The van der Waals surface area contributed by atoms with Crippen molar-refractivity contribution in [1.82, 2.24) is 10.6 Å². The number of ether oxygens (including phenoxy) is 3. The molecule has 1 atom stereocenters. The minimum atomic E-state index is -1.92. The fourth-order valence-electron chi connectivity index (χ4n) is 2.48. The van der Waals surface area contributed by atoms with E-state index < -0.39 is 15.9 Å². The molecule has 0 bridgehead atoms. The monoisotopic (exact) mass is 569 g/mol. The predicted octanol–water partition coefficient (Wildman–Crippen LogP) is 4.89. The number of methoxy groups -OCH3 is 3. The van der Waals surface area contributed by atoms with Crippen LogP contribution in [0.1, 0.15) is 10.4 Å². The van der Waals surface area contributed by atoms with Gasteiger partial charge in [0.25, 0.3) is 5.91 Å². The molecule has 0 heterocycles. The number of nitrogens with one attached hydrogen (secondary N) is 3. The molecule has 12 heteroatoms. The summed E-state index contributed by atoms with van der Waals surface area (Å²) >= 11 is 26.9. The maximum atomic E-state index is 12.9. The van der Waals surface area contributed by atoms with Gasteiger partial charge in [-0.15, -0.1) is 0 Å². The molecule has 7 nitrogen and oxygen atoms in total. The second-order valence-electron chi connectivity index (χ2n) is 5.94. The Morgan fingerprint density at radius 3 is 2.10 bits per heavy atom. The highest BCUT2D eigenvalue weighted by atomic mass is 79.9. The van der Waals surface area contributed by atoms with Gasteiger partial charge in [-0.25, -0.2) is 0 Å². The zero-order valence-electron chi connectivity index (χ0n) is 16.6. The van der Waals surface area contributed by atoms with Crippen LogP contribution in [-0.2, 0) is 0 Å². The van der Waals surface area contributed by atoms with Gasteiger partial charge < -0.3 is 30.2 Å². The van der Waals surface area contributed by atoms with Gasteiger partial charge in [0, 0.05) is 10.0 Å². The summed E-state index contributed by atoms with van der Waals surface area (Å²) in [6, 6.07) is 10.3. The molecule has 31 heavy (non-hydrogen) atoms. The summed E-state index contributed by atoms with van der Waals surface area (Å²) in [7, 11) is 4.34. The van der Waals surface area contributed by atoms with Crippen LogP contribution in [0.3, 0.4) is 0 Å². The molecular formula is C19H19BrCl3N3O4S. The summed E-state index contributed by atoms with van der Waals surface area (Å²) in [5.74, 6) is 0.385. The Labute approximate surface area is 208 Å². The molecule has 0 saturated carbocycles. The van der Waals surface area contributed by atoms with Crippen LogP contribution in [0, 0.1) is 0 Å². The van der Waals surface area contributed by atoms with Gasteiger partial charge in [-0.1, -0.05) is 46.9 Å². The molecule has 3 N–H and O–H groups in total. The van der Waals surface area contributed by atoms with Crippen molar-refractivity contribution in [3.05, 3.63) is 46.4 Å². The Hall–Kier alpha value is -1.65. The smallest absolute Gasteiger partial charge is 0.253 e. The summed E-state index contributed by atoms with van der Waals surface area (Å²) in [6.45, 7) is 0. The van der Waals surface area contributed by atoms with Gasteiger partial charge in [0.05, 0.1) is 27.0 Å². The molecule has 1 amide bonds. The topological polar surface area (TPSA) is 80.9 Å². The minimum Gasteiger partial charge on any atom is -0.493 e. The van der Waals surface area contributed by atoms with Crippen molar-refractivity contribution in [2.45, 2.75) is 9.96 Å². The average molecular weight is 572 g/mol. The Morgan fingerprint density at radius 1 is 1.03 bits per heavy atom. The van der Waals surface area contributed by atoms with Gasteiger partial charge in [-0.05, 0) is 52.4 Å². The van der Waals surface area contributed by atoms with Crippen molar-refractivity contribution in [3.63, 3.8) is 0 Å². The van der Waals surface area contributed by atoms with Crippen molar-refractivity contribution >= 4 is 79.7 Å². The van der Waals surface area contributed by atoms with Gasteiger partial charge >= 0.3 is 0 Å². The van der Waals surface area contributed by atoms with Crippen LogP contribution in [0.25, 0.3) is 0 Å². The van der Waals surface area contributed by atoms with E-state index in [1.54, 1.807) is 6.07 Å². The molecule has 0 saturated heterocycles. The largest absolute Gasteiger partial charge is 0.493 e. The number of rotatable bonds is 7. The average Bonchev–Trinajstić information content (AvgIpc) is 2.72. The molecule has 0 radical (unpaired) electrons. The molecular weight excluding hydrogens is 553 g/mol. The number of thiocarbonyl (C=S) groups is 1. The highest BCUT2D eigenvalue weighted by Gasteiger charge is 2.35. The van der Waals surface area contributed by atoms with Crippen LogP contribution in [0.2, 0.25) is 0 Å². The van der Waals surface area contributed by atoms with E-state index in [9.17, 15) is 4.79 Å². The van der Waals surface area contributed by atoms with Crippen molar-refractivity contribution in [2.75, 3.05) is 26.6 Å². The maximum absolute atomic E-state index is 12.9. The molecule has 0 fully saturated rings. The number of hydrogen-bond donors (Lipinski definition) is 3. The fourth-order valence-corrected chi connectivity index (χ4v) is 3.42. The molecule has 0 aliphatic carbocycles. The van der Waals surface area contributed by atoms with Gasteiger partial charge in [0.2, 0.25) is 9.54 Å². The molecule has 2 aromatic rings. The predicted molar refractivity (Wildman–Crippen MR) is 131 cm³/mol. The highest BCUT2D eigenvalue weighted by molar-refractivity contribution is 9.10. The van der Waals surface area contributed by atoms with Gasteiger partial charge in [-0.3, -0.25) is 4.79 Å². The van der Waals surface area contributed by atoms with Gasteiger partial charge in [0.1, 0.15) is 6.17 Å². The lowest BCUT2D eigenvalue weighted by Gasteiger charge is -2.28. The van der Waals surface area contributed by atoms with Crippen LogP contribution in [0.5, 0.6) is 17.2 Å². The molecule has 0 aromatic heterocycles. The van der Waals surface area contributed by atoms with E-state index in [1.807, 2.05) is 18.2 Å². The van der Waals surface area contributed by atoms with E-state index in [0.717, 1.165) is 4.47 Å². The SMILES string of the molecule is COc1cc(C(=O)N[C@@H](NC(=S)Nc2ccccc2Br)C(Cl)(Cl)Cl)cc(OC)c1OC. The maximum Gasteiger partial charge on any atom is 0.253 e. The van der Waals surface area contributed by atoms with E-state index in [4.69, 9.17) is 61.2 Å². The highest BCUT2D eigenvalue weighted by Crippen LogP contribution is 2.38. The van der Waals surface area contributed by atoms with Gasteiger partial charge in [-0.2, -0.15) is 0 Å². The summed E-state index contributed by atoms with van der Waals surface area (Å²) in [4.78, 5) is 12.9. The Balaban J connectivity index is 2.22. The molecule has 0 spiro atoms. The minimum absolute atomic E-state index is 0.133. The third kappa shape index (κ3) is 6.92. The molecule has 0 aliphatic heterocycles. The second-order valence-corrected chi connectivity index (χ2v) is 9.57. The van der Waals surface area contributed by atoms with Crippen LogP contribution >= 0.6 is 63.0 Å². The number of anilines is 1. The molecule has 2 rings (SSSR count). The molecule has 0 aliphatic rings. The number of benzene rings is 2. The van der Waals surface area contributed by atoms with Crippen molar-refractivity contribution in [1.29, 1.82) is 0 Å². The van der Waals surface area contributed by atoms with Crippen LogP contribution in [0.15, 0.2) is 40.9 Å². The molecule has 168 valence electrons. The summed E-state index contributed by atoms with van der Waals surface area (Å²) < 4.78 is 14.7. The number of para-hydroxylation sites is 1. The first kappa shape index (κ1) is 25.6. The number of amides is 1. The normalized spacial score (nSPS) is 11.8. The zero-order chi connectivity index (χ0) is 23.2. The van der Waals surface area contributed by atoms with Crippen LogP contribution in [-0.4, -0.2) is 42.3 Å². The quantitative estimate of drug-likeness (QED) is 0.248. The molecule has 2 aromatic carbocycles. The fraction of sp³-hybridized carbons (Fsp3) is 0.263. The van der Waals surface area contributed by atoms with E-state index in [1.165, 1.54) is 33.5 Å². The number of alkyl halides is 3. The number of halogens is 4. The van der Waals surface area contributed by atoms with Crippen LogP contribution in [0.4, 0.5) is 5.69 Å². The summed E-state index contributed by atoms with van der Waals surface area (Å²) in [5, 5.41) is 8.51. The Bertz CT molecular complexity index is 934. The number of carbonyl (C=O) groups excluding carboxylic acids is 1. The first-order valence-electron chi connectivity index (χ1n) is 8.60. The number of hydrogen-bond acceptors (Lipinski definition) is 5. The first-order valence-corrected chi connectivity index (χ1v) is 10.9. The third-order valence-corrected chi connectivity index (χ3v) is 5.49.